The van der Waals surface area contributed by atoms with E-state index in [1.54, 1.807) is 23.7 Å². The summed E-state index contributed by atoms with van der Waals surface area (Å²) in [5.74, 6) is 0.336. The fourth-order valence-corrected chi connectivity index (χ4v) is 4.44. The van der Waals surface area contributed by atoms with Gasteiger partial charge in [-0.15, -0.1) is 11.3 Å². The molecule has 0 bridgehead atoms. The van der Waals surface area contributed by atoms with E-state index in [4.69, 9.17) is 4.74 Å². The van der Waals surface area contributed by atoms with Crippen LogP contribution in [0.3, 0.4) is 0 Å². The molecule has 8 heteroatoms. The van der Waals surface area contributed by atoms with Crippen LogP contribution in [0.2, 0.25) is 0 Å². The van der Waals surface area contributed by atoms with E-state index in [1.165, 1.54) is 11.1 Å². The molecule has 0 radical (unpaired) electrons. The summed E-state index contributed by atoms with van der Waals surface area (Å²) < 4.78 is 6.11. The quantitative estimate of drug-likeness (QED) is 0.899. The molecule has 3 atom stereocenters. The van der Waals surface area contributed by atoms with E-state index >= 15 is 0 Å². The van der Waals surface area contributed by atoms with Crippen molar-refractivity contribution in [2.24, 2.45) is 0 Å². The number of fused-ring (bicyclic) bond motifs is 1. The minimum atomic E-state index is -0.409. The van der Waals surface area contributed by atoms with Crippen molar-refractivity contribution in [3.05, 3.63) is 34.7 Å². The van der Waals surface area contributed by atoms with Gasteiger partial charge in [-0.2, -0.15) is 0 Å². The molecule has 2 aromatic rings. The summed E-state index contributed by atoms with van der Waals surface area (Å²) in [7, 11) is 0. The lowest BCUT2D eigenvalue weighted by Crippen LogP contribution is -2.46. The van der Waals surface area contributed by atoms with Crippen molar-refractivity contribution >= 4 is 23.1 Å². The second-order valence-electron chi connectivity index (χ2n) is 6.51. The highest BCUT2D eigenvalue weighted by Gasteiger charge is 2.41. The van der Waals surface area contributed by atoms with Gasteiger partial charge in [-0.25, -0.2) is 9.97 Å². The number of aromatic nitrogens is 3. The van der Waals surface area contributed by atoms with E-state index in [0.717, 1.165) is 38.0 Å². The second-order valence-corrected chi connectivity index (χ2v) is 7.45. The molecular weight excluding hydrogens is 338 g/mol. The molecule has 7 nitrogen and oxygen atoms in total. The van der Waals surface area contributed by atoms with Crippen LogP contribution in [-0.4, -0.2) is 50.6 Å². The van der Waals surface area contributed by atoms with Crippen LogP contribution in [0, 0.1) is 6.92 Å². The molecule has 2 aliphatic heterocycles. The minimum Gasteiger partial charge on any atom is -0.363 e. The highest BCUT2D eigenvalue weighted by atomic mass is 32.1. The van der Waals surface area contributed by atoms with Crippen LogP contribution in [0.5, 0.6) is 0 Å². The Labute approximate surface area is 150 Å². The zero-order chi connectivity index (χ0) is 17.2. The Morgan fingerprint density at radius 2 is 2.28 bits per heavy atom. The van der Waals surface area contributed by atoms with Gasteiger partial charge >= 0.3 is 0 Å². The third-order valence-corrected chi connectivity index (χ3v) is 5.88. The first-order valence-corrected chi connectivity index (χ1v) is 9.44. The standard InChI is InChI=1S/C17H21N5O2S/c1-11-15(25-10-20-11)9-22-7-4-13-12(22)2-3-14(24-13)17(23)21-16-8-18-5-6-19-16/h5-6,8,10,12-14H,2-4,7,9H2,1H3,(H,19,21,23)/t12-,13-,14+/m0/s1. The van der Waals surface area contributed by atoms with Gasteiger partial charge in [-0.05, 0) is 26.2 Å². The molecule has 0 aliphatic carbocycles. The fraction of sp³-hybridized carbons (Fsp3) is 0.529. The van der Waals surface area contributed by atoms with Crippen molar-refractivity contribution in [2.75, 3.05) is 11.9 Å². The van der Waals surface area contributed by atoms with Crippen LogP contribution in [-0.2, 0) is 16.1 Å². The molecule has 4 heterocycles. The Hall–Kier alpha value is -1.90. The van der Waals surface area contributed by atoms with Crippen molar-refractivity contribution < 1.29 is 9.53 Å². The third-order valence-electron chi connectivity index (χ3n) is 4.96. The Kier molecular flexibility index (Phi) is 4.74. The molecule has 0 unspecified atom stereocenters. The number of rotatable bonds is 4. The van der Waals surface area contributed by atoms with Gasteiger partial charge in [0.05, 0.1) is 23.5 Å². The van der Waals surface area contributed by atoms with Crippen molar-refractivity contribution in [1.82, 2.24) is 19.9 Å². The van der Waals surface area contributed by atoms with Crippen LogP contribution in [0.4, 0.5) is 5.82 Å². The maximum atomic E-state index is 12.4. The van der Waals surface area contributed by atoms with Gasteiger partial charge in [-0.1, -0.05) is 0 Å². The average Bonchev–Trinajstić information content (AvgIpc) is 3.22. The van der Waals surface area contributed by atoms with Gasteiger partial charge in [0.2, 0.25) is 0 Å². The van der Waals surface area contributed by atoms with E-state index in [9.17, 15) is 4.79 Å². The maximum absolute atomic E-state index is 12.4. The van der Waals surface area contributed by atoms with E-state index < -0.39 is 6.10 Å². The second kappa shape index (κ2) is 7.15. The maximum Gasteiger partial charge on any atom is 0.254 e. The lowest BCUT2D eigenvalue weighted by molar-refractivity contribution is -0.138. The number of nitrogens with zero attached hydrogens (tertiary/aromatic N) is 4. The number of aryl methyl sites for hydroxylation is 1. The van der Waals surface area contributed by atoms with Gasteiger partial charge < -0.3 is 10.1 Å². The number of likely N-dealkylation sites (tertiary alicyclic amines) is 1. The third kappa shape index (κ3) is 3.56. The summed E-state index contributed by atoms with van der Waals surface area (Å²) in [6, 6.07) is 0.391. The van der Waals surface area contributed by atoms with Crippen molar-refractivity contribution in [3.8, 4) is 0 Å². The van der Waals surface area contributed by atoms with Crippen LogP contribution in [0.15, 0.2) is 24.1 Å². The number of thiazole rings is 1. The number of anilines is 1. The first-order valence-electron chi connectivity index (χ1n) is 8.56. The van der Waals surface area contributed by atoms with Crippen LogP contribution >= 0.6 is 11.3 Å². The summed E-state index contributed by atoms with van der Waals surface area (Å²) in [5.41, 5.74) is 3.02. The zero-order valence-electron chi connectivity index (χ0n) is 14.1. The number of carbonyl (C=O) groups excluding carboxylic acids is 1. The van der Waals surface area contributed by atoms with Gasteiger partial charge in [-0.3, -0.25) is 14.7 Å². The molecule has 132 valence electrons. The van der Waals surface area contributed by atoms with Gasteiger partial charge in [0.1, 0.15) is 6.10 Å². The van der Waals surface area contributed by atoms with Crippen LogP contribution in [0.1, 0.15) is 29.8 Å². The average molecular weight is 359 g/mol. The smallest absolute Gasteiger partial charge is 0.254 e. The van der Waals surface area contributed by atoms with E-state index in [2.05, 4.69) is 32.1 Å². The number of amides is 1. The summed E-state index contributed by atoms with van der Waals surface area (Å²) in [5, 5.41) is 2.79. The van der Waals surface area contributed by atoms with Crippen LogP contribution < -0.4 is 5.32 Å². The normalized spacial score (nSPS) is 26.4. The predicted molar refractivity (Wildman–Crippen MR) is 94.2 cm³/mol. The number of carbonyl (C=O) groups is 1. The van der Waals surface area contributed by atoms with Crippen LogP contribution in [0.25, 0.3) is 0 Å². The van der Waals surface area contributed by atoms with E-state index in [1.807, 2.05) is 5.51 Å². The molecule has 2 aliphatic rings. The number of hydrogen-bond donors (Lipinski definition) is 1. The summed E-state index contributed by atoms with van der Waals surface area (Å²) in [6.07, 6.45) is 7.06. The molecule has 0 spiro atoms. The lowest BCUT2D eigenvalue weighted by Gasteiger charge is -2.35. The summed E-state index contributed by atoms with van der Waals surface area (Å²) in [4.78, 5) is 28.6. The molecule has 0 saturated carbocycles. The van der Waals surface area contributed by atoms with Gasteiger partial charge in [0.25, 0.3) is 5.91 Å². The lowest BCUT2D eigenvalue weighted by atomic mass is 9.98. The zero-order valence-corrected chi connectivity index (χ0v) is 14.9. The first kappa shape index (κ1) is 16.6. The predicted octanol–water partition coefficient (Wildman–Crippen LogP) is 2.00. The molecule has 1 N–H and O–H groups in total. The first-order chi connectivity index (χ1) is 12.2. The Balaban J connectivity index is 1.35. The minimum absolute atomic E-state index is 0.125. The van der Waals surface area contributed by atoms with Crippen molar-refractivity contribution in [2.45, 2.75) is 51.0 Å². The van der Waals surface area contributed by atoms with Gasteiger partial charge in [0.15, 0.2) is 5.82 Å². The van der Waals surface area contributed by atoms with E-state index in [0.29, 0.717) is 11.9 Å². The summed E-state index contributed by atoms with van der Waals surface area (Å²) in [6.45, 7) is 3.99. The Morgan fingerprint density at radius 3 is 3.04 bits per heavy atom. The Bertz CT molecular complexity index is 738. The fourth-order valence-electron chi connectivity index (χ4n) is 3.64. The van der Waals surface area contributed by atoms with Crippen molar-refractivity contribution in [3.63, 3.8) is 0 Å². The SMILES string of the molecule is Cc1ncsc1CN1CC[C@@H]2O[C@@H](C(=O)Nc3cnccn3)CC[C@@H]21. The molecule has 2 saturated heterocycles. The number of hydrogen-bond acceptors (Lipinski definition) is 7. The highest BCUT2D eigenvalue weighted by Crippen LogP contribution is 2.33. The Morgan fingerprint density at radius 1 is 1.36 bits per heavy atom. The molecule has 1 amide bonds. The molecular formula is C17H21N5O2S. The molecule has 2 aromatic heterocycles. The van der Waals surface area contributed by atoms with Crippen molar-refractivity contribution in [1.29, 1.82) is 0 Å². The molecule has 0 aromatic carbocycles. The topological polar surface area (TPSA) is 80.2 Å². The van der Waals surface area contributed by atoms with E-state index in [-0.39, 0.29) is 12.0 Å². The largest absolute Gasteiger partial charge is 0.363 e. The molecule has 2 fully saturated rings. The monoisotopic (exact) mass is 359 g/mol. The van der Waals surface area contributed by atoms with Gasteiger partial charge in [0, 0.05) is 36.4 Å². The summed E-state index contributed by atoms with van der Waals surface area (Å²) >= 11 is 1.71. The molecule has 25 heavy (non-hydrogen) atoms. The highest BCUT2D eigenvalue weighted by molar-refractivity contribution is 7.09. The number of nitrogens with one attached hydrogen (secondary N) is 1. The number of ether oxygens (including phenoxy) is 1. The molecule has 4 rings (SSSR count).